The molecule has 7 heteroatoms. The highest BCUT2D eigenvalue weighted by Gasteiger charge is 2.26. The highest BCUT2D eigenvalue weighted by Crippen LogP contribution is 2.38. The highest BCUT2D eigenvalue weighted by molar-refractivity contribution is 14.1. The third-order valence-corrected chi connectivity index (χ3v) is 5.75. The maximum Gasteiger partial charge on any atom is 0.258 e. The number of nitrogens with one attached hydrogen (secondary N) is 1. The first-order chi connectivity index (χ1) is 14.7. The second kappa shape index (κ2) is 9.78. The summed E-state index contributed by atoms with van der Waals surface area (Å²) in [5, 5.41) is 7.92. The van der Waals surface area contributed by atoms with Gasteiger partial charge in [-0.1, -0.05) is 45.9 Å². The van der Waals surface area contributed by atoms with E-state index in [9.17, 15) is 0 Å². The first-order valence-corrected chi connectivity index (χ1v) is 11.9. The Morgan fingerprint density at radius 3 is 2.77 bits per heavy atom. The third kappa shape index (κ3) is 4.32. The largest absolute Gasteiger partial charge is 0.490 e. The van der Waals surface area contributed by atoms with Crippen molar-refractivity contribution in [3.8, 4) is 34.3 Å². The van der Waals surface area contributed by atoms with Gasteiger partial charge in [0.2, 0.25) is 5.82 Å². The van der Waals surface area contributed by atoms with E-state index in [1.54, 1.807) is 0 Å². The quantitative estimate of drug-likeness (QED) is 0.309. The standard InChI is InChI=1S/C23H26IN3O3/c1-3-28-20-11-8-15(14-21(20)29-4-2)23-26-22(27-30-23)18-7-5-6-17-16(18)9-10-19(17)25-13-12-24/h5-8,11,14,19,25H,3-4,9-10,12-13H2,1-2H3. The summed E-state index contributed by atoms with van der Waals surface area (Å²) in [6, 6.07) is 12.5. The number of ether oxygens (including phenoxy) is 2. The van der Waals surface area contributed by atoms with Crippen LogP contribution in [0.3, 0.4) is 0 Å². The minimum absolute atomic E-state index is 0.404. The van der Waals surface area contributed by atoms with Crippen molar-refractivity contribution in [1.29, 1.82) is 0 Å². The van der Waals surface area contributed by atoms with E-state index in [-0.39, 0.29) is 0 Å². The molecule has 0 radical (unpaired) electrons. The van der Waals surface area contributed by atoms with Gasteiger partial charge in [-0.05, 0) is 56.0 Å². The van der Waals surface area contributed by atoms with Gasteiger partial charge in [0.15, 0.2) is 11.5 Å². The van der Waals surface area contributed by atoms with Crippen molar-refractivity contribution >= 4 is 22.6 Å². The predicted octanol–water partition coefficient (Wildman–Crippen LogP) is 5.21. The molecule has 1 aliphatic carbocycles. The maximum atomic E-state index is 5.73. The molecule has 1 aromatic heterocycles. The Morgan fingerprint density at radius 1 is 1.13 bits per heavy atom. The third-order valence-electron chi connectivity index (χ3n) is 5.21. The lowest BCUT2D eigenvalue weighted by Gasteiger charge is -2.13. The van der Waals surface area contributed by atoms with Crippen molar-refractivity contribution in [3.05, 3.63) is 47.5 Å². The van der Waals surface area contributed by atoms with Crippen LogP contribution >= 0.6 is 22.6 Å². The Hall–Kier alpha value is -2.13. The van der Waals surface area contributed by atoms with Crippen molar-refractivity contribution in [1.82, 2.24) is 15.5 Å². The molecule has 1 N–H and O–H groups in total. The van der Waals surface area contributed by atoms with Crippen LogP contribution in [0.15, 0.2) is 40.9 Å². The summed E-state index contributed by atoms with van der Waals surface area (Å²) in [5.74, 6) is 2.50. The fourth-order valence-electron chi connectivity index (χ4n) is 3.94. The topological polar surface area (TPSA) is 69.4 Å². The van der Waals surface area contributed by atoms with Gasteiger partial charge in [0.25, 0.3) is 5.89 Å². The average Bonchev–Trinajstić information content (AvgIpc) is 3.41. The van der Waals surface area contributed by atoms with Crippen molar-refractivity contribution in [2.45, 2.75) is 32.7 Å². The fraction of sp³-hybridized carbons (Fsp3) is 0.391. The number of hydrogen-bond acceptors (Lipinski definition) is 6. The first kappa shape index (κ1) is 21.1. The first-order valence-electron chi connectivity index (χ1n) is 10.4. The molecule has 6 nitrogen and oxygen atoms in total. The molecule has 4 rings (SSSR count). The van der Waals surface area contributed by atoms with E-state index in [1.165, 1.54) is 11.1 Å². The lowest BCUT2D eigenvalue weighted by atomic mass is 10.0. The number of hydrogen-bond donors (Lipinski definition) is 1. The van der Waals surface area contributed by atoms with Crippen LogP contribution in [0.2, 0.25) is 0 Å². The van der Waals surface area contributed by atoms with Gasteiger partial charge in [-0.25, -0.2) is 0 Å². The van der Waals surface area contributed by atoms with E-state index in [4.69, 9.17) is 19.0 Å². The molecule has 3 aromatic rings. The van der Waals surface area contributed by atoms with Gasteiger partial charge in [-0.2, -0.15) is 4.98 Å². The molecule has 0 saturated heterocycles. The van der Waals surface area contributed by atoms with Crippen molar-refractivity contribution < 1.29 is 14.0 Å². The van der Waals surface area contributed by atoms with E-state index in [0.29, 0.717) is 42.5 Å². The minimum Gasteiger partial charge on any atom is -0.490 e. The maximum absolute atomic E-state index is 5.73. The summed E-state index contributed by atoms with van der Waals surface area (Å²) in [6.45, 7) is 6.05. The van der Waals surface area contributed by atoms with E-state index in [2.05, 4.69) is 51.3 Å². The van der Waals surface area contributed by atoms with Gasteiger partial charge in [-0.3, -0.25) is 0 Å². The lowest BCUT2D eigenvalue weighted by Crippen LogP contribution is -2.21. The monoisotopic (exact) mass is 519 g/mol. The normalized spacial score (nSPS) is 15.2. The molecular formula is C23H26IN3O3. The highest BCUT2D eigenvalue weighted by atomic mass is 127. The molecule has 30 heavy (non-hydrogen) atoms. The van der Waals surface area contributed by atoms with E-state index in [0.717, 1.165) is 34.9 Å². The number of alkyl halides is 1. The molecule has 1 aliphatic rings. The van der Waals surface area contributed by atoms with Gasteiger partial charge in [0.1, 0.15) is 0 Å². The van der Waals surface area contributed by atoms with Crippen LogP contribution < -0.4 is 14.8 Å². The summed E-state index contributed by atoms with van der Waals surface area (Å²) >= 11 is 2.40. The van der Waals surface area contributed by atoms with Crippen LogP contribution in [0, 0.1) is 0 Å². The molecular weight excluding hydrogens is 493 g/mol. The van der Waals surface area contributed by atoms with Crippen molar-refractivity contribution in [3.63, 3.8) is 0 Å². The Bertz CT molecular complexity index is 1010. The minimum atomic E-state index is 0.404. The Morgan fingerprint density at radius 2 is 1.97 bits per heavy atom. The van der Waals surface area contributed by atoms with E-state index in [1.807, 2.05) is 32.0 Å². The molecule has 0 fully saturated rings. The number of benzene rings is 2. The fourth-order valence-corrected chi connectivity index (χ4v) is 4.25. The van der Waals surface area contributed by atoms with Crippen LogP contribution in [-0.2, 0) is 6.42 Å². The molecule has 0 bridgehead atoms. The summed E-state index contributed by atoms with van der Waals surface area (Å²) in [6.07, 6.45) is 2.12. The van der Waals surface area contributed by atoms with Crippen LogP contribution in [0.25, 0.3) is 22.8 Å². The molecule has 158 valence electrons. The van der Waals surface area contributed by atoms with Gasteiger partial charge < -0.3 is 19.3 Å². The van der Waals surface area contributed by atoms with Crippen LogP contribution in [-0.4, -0.2) is 34.3 Å². The van der Waals surface area contributed by atoms with E-state index >= 15 is 0 Å². The Labute approximate surface area is 190 Å². The molecule has 1 atom stereocenters. The van der Waals surface area contributed by atoms with E-state index < -0.39 is 0 Å². The zero-order valence-corrected chi connectivity index (χ0v) is 19.4. The van der Waals surface area contributed by atoms with Gasteiger partial charge >= 0.3 is 0 Å². The summed E-state index contributed by atoms with van der Waals surface area (Å²) in [7, 11) is 0. The second-order valence-electron chi connectivity index (χ2n) is 7.06. The number of rotatable bonds is 9. The number of aromatic nitrogens is 2. The smallest absolute Gasteiger partial charge is 0.258 e. The number of nitrogens with zero attached hydrogens (tertiary/aromatic N) is 2. The molecule has 1 unspecified atom stereocenters. The van der Waals surface area contributed by atoms with Crippen LogP contribution in [0.5, 0.6) is 11.5 Å². The Balaban J connectivity index is 1.63. The molecule has 0 aliphatic heterocycles. The number of fused-ring (bicyclic) bond motifs is 1. The van der Waals surface area contributed by atoms with Crippen LogP contribution in [0.4, 0.5) is 0 Å². The Kier molecular flexibility index (Phi) is 6.89. The zero-order valence-electron chi connectivity index (χ0n) is 17.3. The SMILES string of the molecule is CCOc1ccc(-c2nc(-c3cccc4c3CCC4NCCI)no2)cc1OCC. The van der Waals surface area contributed by atoms with Crippen molar-refractivity contribution in [2.24, 2.45) is 0 Å². The average molecular weight is 519 g/mol. The molecule has 0 amide bonds. The second-order valence-corrected chi connectivity index (χ2v) is 8.14. The molecule has 0 spiro atoms. The molecule has 2 aromatic carbocycles. The zero-order chi connectivity index (χ0) is 20.9. The lowest BCUT2D eigenvalue weighted by molar-refractivity contribution is 0.288. The van der Waals surface area contributed by atoms with Crippen molar-refractivity contribution in [2.75, 3.05) is 24.2 Å². The van der Waals surface area contributed by atoms with Gasteiger partial charge in [-0.15, -0.1) is 0 Å². The number of halogens is 1. The summed E-state index contributed by atoms with van der Waals surface area (Å²) < 4.78 is 18.1. The van der Waals surface area contributed by atoms with Gasteiger partial charge in [0, 0.05) is 28.1 Å². The molecule has 1 heterocycles. The summed E-state index contributed by atoms with van der Waals surface area (Å²) in [4.78, 5) is 4.70. The van der Waals surface area contributed by atoms with Crippen LogP contribution in [0.1, 0.15) is 37.4 Å². The summed E-state index contributed by atoms with van der Waals surface area (Å²) in [5.41, 5.74) is 4.54. The predicted molar refractivity (Wildman–Crippen MR) is 125 cm³/mol. The van der Waals surface area contributed by atoms with Gasteiger partial charge in [0.05, 0.1) is 13.2 Å². The molecule has 0 saturated carbocycles.